The minimum absolute atomic E-state index is 0.429. The minimum atomic E-state index is 0.429. The molecule has 2 unspecified atom stereocenters. The van der Waals surface area contributed by atoms with E-state index in [1.807, 2.05) is 6.08 Å². The molecule has 13 heavy (non-hydrogen) atoms. The van der Waals surface area contributed by atoms with Crippen LogP contribution in [0.25, 0.3) is 0 Å². The Morgan fingerprint density at radius 2 is 2.38 bits per heavy atom. The number of nitrogens with zero attached hydrogens (tertiary/aromatic N) is 2. The fourth-order valence-electron chi connectivity index (χ4n) is 2.27. The van der Waals surface area contributed by atoms with Crippen molar-refractivity contribution in [2.75, 3.05) is 39.8 Å². The number of likely N-dealkylation sites (N-methyl/N-ethyl adjacent to an activating group) is 1. The molecular formula is C10H18N2O. The third-order valence-corrected chi connectivity index (χ3v) is 3.04. The Labute approximate surface area is 80.0 Å². The van der Waals surface area contributed by atoms with E-state index in [2.05, 4.69) is 23.4 Å². The van der Waals surface area contributed by atoms with E-state index < -0.39 is 0 Å². The van der Waals surface area contributed by atoms with Gasteiger partial charge in [-0.15, -0.1) is 6.58 Å². The average molecular weight is 182 g/mol. The van der Waals surface area contributed by atoms with Gasteiger partial charge in [0, 0.05) is 32.2 Å². The first-order valence-corrected chi connectivity index (χ1v) is 4.96. The molecule has 2 atom stereocenters. The molecule has 2 aliphatic heterocycles. The summed E-state index contributed by atoms with van der Waals surface area (Å²) in [5.41, 5.74) is 0. The maximum absolute atomic E-state index is 5.73. The van der Waals surface area contributed by atoms with E-state index in [1.165, 1.54) is 0 Å². The number of fused-ring (bicyclic) bond motifs is 1. The molecule has 0 aromatic heterocycles. The molecule has 0 N–H and O–H groups in total. The van der Waals surface area contributed by atoms with Crippen LogP contribution in [0.5, 0.6) is 0 Å². The van der Waals surface area contributed by atoms with Crippen molar-refractivity contribution in [3.05, 3.63) is 12.7 Å². The topological polar surface area (TPSA) is 15.7 Å². The molecule has 2 saturated heterocycles. The van der Waals surface area contributed by atoms with Gasteiger partial charge in [-0.25, -0.2) is 0 Å². The molecule has 74 valence electrons. The molecule has 0 saturated carbocycles. The molecule has 0 radical (unpaired) electrons. The van der Waals surface area contributed by atoms with E-state index in [0.29, 0.717) is 12.1 Å². The molecule has 0 amide bonds. The van der Waals surface area contributed by atoms with Gasteiger partial charge in [-0.1, -0.05) is 6.08 Å². The van der Waals surface area contributed by atoms with E-state index >= 15 is 0 Å². The van der Waals surface area contributed by atoms with Crippen LogP contribution in [0.4, 0.5) is 0 Å². The van der Waals surface area contributed by atoms with Gasteiger partial charge in [0.15, 0.2) is 0 Å². The van der Waals surface area contributed by atoms with E-state index in [4.69, 9.17) is 4.74 Å². The molecule has 2 rings (SSSR count). The standard InChI is InChI=1S/C10H18N2O/c1-3-4-12-7-9-10(8-12)13-6-5-11(9)2/h3,9-10H,1,4-8H2,2H3. The van der Waals surface area contributed by atoms with Gasteiger partial charge in [0.25, 0.3) is 0 Å². The van der Waals surface area contributed by atoms with Gasteiger partial charge >= 0.3 is 0 Å². The lowest BCUT2D eigenvalue weighted by Crippen LogP contribution is -2.48. The minimum Gasteiger partial charge on any atom is -0.374 e. The Hall–Kier alpha value is -0.380. The Morgan fingerprint density at radius 1 is 1.54 bits per heavy atom. The molecular weight excluding hydrogens is 164 g/mol. The zero-order chi connectivity index (χ0) is 9.26. The summed E-state index contributed by atoms with van der Waals surface area (Å²) < 4.78 is 5.73. The Bertz CT molecular complexity index is 195. The summed E-state index contributed by atoms with van der Waals surface area (Å²) >= 11 is 0. The quantitative estimate of drug-likeness (QED) is 0.567. The summed E-state index contributed by atoms with van der Waals surface area (Å²) in [7, 11) is 2.19. The van der Waals surface area contributed by atoms with Crippen LogP contribution in [0.2, 0.25) is 0 Å². The van der Waals surface area contributed by atoms with Gasteiger partial charge < -0.3 is 4.74 Å². The lowest BCUT2D eigenvalue weighted by atomic mass is 10.1. The summed E-state index contributed by atoms with van der Waals surface area (Å²) in [6.07, 6.45) is 2.40. The highest BCUT2D eigenvalue weighted by molar-refractivity contribution is 4.94. The fraction of sp³-hybridized carbons (Fsp3) is 0.800. The van der Waals surface area contributed by atoms with E-state index in [1.54, 1.807) is 0 Å². The van der Waals surface area contributed by atoms with Gasteiger partial charge in [-0.2, -0.15) is 0 Å². The van der Waals surface area contributed by atoms with Crippen molar-refractivity contribution in [3.8, 4) is 0 Å². The van der Waals surface area contributed by atoms with Crippen molar-refractivity contribution in [1.82, 2.24) is 9.80 Å². The number of hydrogen-bond donors (Lipinski definition) is 0. The summed E-state index contributed by atoms with van der Waals surface area (Å²) in [5, 5.41) is 0. The number of likely N-dealkylation sites (tertiary alicyclic amines) is 1. The van der Waals surface area contributed by atoms with Gasteiger partial charge in [0.05, 0.1) is 12.7 Å². The van der Waals surface area contributed by atoms with Gasteiger partial charge in [0.1, 0.15) is 0 Å². The molecule has 2 heterocycles. The number of hydrogen-bond acceptors (Lipinski definition) is 3. The number of ether oxygens (including phenoxy) is 1. The molecule has 2 aliphatic rings. The lowest BCUT2D eigenvalue weighted by molar-refractivity contribution is -0.0369. The normalized spacial score (nSPS) is 36.1. The van der Waals surface area contributed by atoms with Crippen LogP contribution in [0, 0.1) is 0 Å². The smallest absolute Gasteiger partial charge is 0.0869 e. The predicted octanol–water partition coefficient (Wildman–Crippen LogP) is 0.187. The monoisotopic (exact) mass is 182 g/mol. The fourth-order valence-corrected chi connectivity index (χ4v) is 2.27. The first-order valence-electron chi connectivity index (χ1n) is 4.96. The lowest BCUT2D eigenvalue weighted by Gasteiger charge is -2.33. The third-order valence-electron chi connectivity index (χ3n) is 3.04. The second kappa shape index (κ2) is 3.78. The molecule has 3 heteroatoms. The van der Waals surface area contributed by atoms with E-state index in [0.717, 1.165) is 32.8 Å². The number of morpholine rings is 1. The molecule has 0 aromatic carbocycles. The predicted molar refractivity (Wildman–Crippen MR) is 52.8 cm³/mol. The van der Waals surface area contributed by atoms with Crippen LogP contribution < -0.4 is 0 Å². The van der Waals surface area contributed by atoms with Crippen LogP contribution in [0.15, 0.2) is 12.7 Å². The second-order valence-electron chi connectivity index (χ2n) is 3.96. The van der Waals surface area contributed by atoms with Crippen molar-refractivity contribution in [2.24, 2.45) is 0 Å². The summed E-state index contributed by atoms with van der Waals surface area (Å²) in [5.74, 6) is 0. The molecule has 0 aliphatic carbocycles. The van der Waals surface area contributed by atoms with Gasteiger partial charge in [-0.05, 0) is 7.05 Å². The van der Waals surface area contributed by atoms with Crippen LogP contribution >= 0.6 is 0 Å². The Morgan fingerprint density at radius 3 is 3.08 bits per heavy atom. The first kappa shape index (κ1) is 9.19. The third kappa shape index (κ3) is 1.77. The summed E-state index contributed by atoms with van der Waals surface area (Å²) in [6.45, 7) is 8.92. The van der Waals surface area contributed by atoms with Crippen LogP contribution in [-0.2, 0) is 4.74 Å². The zero-order valence-electron chi connectivity index (χ0n) is 8.28. The highest BCUT2D eigenvalue weighted by Crippen LogP contribution is 2.21. The van der Waals surface area contributed by atoms with Crippen molar-refractivity contribution in [3.63, 3.8) is 0 Å². The van der Waals surface area contributed by atoms with Gasteiger partial charge in [-0.3, -0.25) is 9.80 Å². The molecule has 0 bridgehead atoms. The van der Waals surface area contributed by atoms with Crippen molar-refractivity contribution >= 4 is 0 Å². The first-order chi connectivity index (χ1) is 6.31. The Balaban J connectivity index is 1.95. The summed E-state index contributed by atoms with van der Waals surface area (Å²) in [4.78, 5) is 4.82. The van der Waals surface area contributed by atoms with Crippen molar-refractivity contribution < 1.29 is 4.74 Å². The van der Waals surface area contributed by atoms with E-state index in [-0.39, 0.29) is 0 Å². The summed E-state index contributed by atoms with van der Waals surface area (Å²) in [6, 6.07) is 0.605. The van der Waals surface area contributed by atoms with Crippen molar-refractivity contribution in [2.45, 2.75) is 12.1 Å². The maximum Gasteiger partial charge on any atom is 0.0869 e. The van der Waals surface area contributed by atoms with Crippen LogP contribution in [0.3, 0.4) is 0 Å². The van der Waals surface area contributed by atoms with Crippen molar-refractivity contribution in [1.29, 1.82) is 0 Å². The molecule has 0 spiro atoms. The van der Waals surface area contributed by atoms with Crippen LogP contribution in [-0.4, -0.2) is 61.8 Å². The van der Waals surface area contributed by atoms with E-state index in [9.17, 15) is 0 Å². The average Bonchev–Trinajstić information content (AvgIpc) is 2.49. The highest BCUT2D eigenvalue weighted by Gasteiger charge is 2.37. The van der Waals surface area contributed by atoms with Crippen LogP contribution in [0.1, 0.15) is 0 Å². The van der Waals surface area contributed by atoms with Gasteiger partial charge in [0.2, 0.25) is 0 Å². The second-order valence-corrected chi connectivity index (χ2v) is 3.96. The SMILES string of the molecule is C=CCN1CC2OCCN(C)C2C1. The maximum atomic E-state index is 5.73. The zero-order valence-corrected chi connectivity index (χ0v) is 8.28. The molecule has 0 aromatic rings. The number of rotatable bonds is 2. The largest absolute Gasteiger partial charge is 0.374 e. The Kier molecular flexibility index (Phi) is 2.67. The highest BCUT2D eigenvalue weighted by atomic mass is 16.5. The molecule has 2 fully saturated rings. The molecule has 3 nitrogen and oxygen atoms in total.